The van der Waals surface area contributed by atoms with Crippen molar-refractivity contribution in [2.75, 3.05) is 18.8 Å². The third kappa shape index (κ3) is 3.97. The first-order valence-electron chi connectivity index (χ1n) is 8.06. The summed E-state index contributed by atoms with van der Waals surface area (Å²) in [7, 11) is -3.76. The van der Waals surface area contributed by atoms with Crippen LogP contribution in [0.15, 0.2) is 47.5 Å². The third-order valence-electron chi connectivity index (χ3n) is 4.16. The molecule has 1 aliphatic rings. The maximum Gasteiger partial charge on any atom is 0.253 e. The quantitative estimate of drug-likeness (QED) is 0.838. The second kappa shape index (κ2) is 7.20. The summed E-state index contributed by atoms with van der Waals surface area (Å²) in [6, 6.07) is 9.49. The number of hydrogen-bond acceptors (Lipinski definition) is 5. The fourth-order valence-corrected chi connectivity index (χ4v) is 3.81. The van der Waals surface area contributed by atoms with Gasteiger partial charge in [-0.05, 0) is 37.1 Å². The molecule has 1 aromatic heterocycles. The third-order valence-corrected chi connectivity index (χ3v) is 5.56. The normalized spacial score (nSPS) is 14.6. The Hall–Kier alpha value is -2.45. The van der Waals surface area contributed by atoms with Crippen LogP contribution in [-0.4, -0.2) is 37.3 Å². The number of aromatic nitrogens is 1. The zero-order valence-corrected chi connectivity index (χ0v) is 14.5. The predicted molar refractivity (Wildman–Crippen MR) is 94.3 cm³/mol. The highest BCUT2D eigenvalue weighted by Crippen LogP contribution is 2.17. The molecule has 0 saturated carbocycles. The van der Waals surface area contributed by atoms with Crippen LogP contribution in [0.2, 0.25) is 0 Å². The number of rotatable bonds is 5. The number of benzene rings is 1. The summed E-state index contributed by atoms with van der Waals surface area (Å²) in [6.45, 7) is 1.47. The van der Waals surface area contributed by atoms with Crippen LogP contribution < -0.4 is 10.5 Å². The van der Waals surface area contributed by atoms with Crippen LogP contribution in [0.25, 0.3) is 0 Å². The van der Waals surface area contributed by atoms with Gasteiger partial charge in [0.25, 0.3) is 5.91 Å². The van der Waals surface area contributed by atoms with E-state index in [2.05, 4.69) is 9.71 Å². The smallest absolute Gasteiger partial charge is 0.253 e. The number of nitrogens with two attached hydrogens (primary N) is 1. The van der Waals surface area contributed by atoms with Crippen molar-refractivity contribution in [3.63, 3.8) is 0 Å². The molecule has 1 fully saturated rings. The van der Waals surface area contributed by atoms with Gasteiger partial charge in [-0.15, -0.1) is 0 Å². The predicted octanol–water partition coefficient (Wildman–Crippen LogP) is 1.38. The topological polar surface area (TPSA) is 105 Å². The van der Waals surface area contributed by atoms with Crippen LogP contribution in [0.3, 0.4) is 0 Å². The molecule has 3 rings (SSSR count). The van der Waals surface area contributed by atoms with Gasteiger partial charge >= 0.3 is 0 Å². The number of sulfonamides is 1. The van der Waals surface area contributed by atoms with Crippen LogP contribution in [-0.2, 0) is 16.6 Å². The summed E-state index contributed by atoms with van der Waals surface area (Å²) in [4.78, 5) is 18.2. The van der Waals surface area contributed by atoms with E-state index in [1.165, 1.54) is 12.1 Å². The van der Waals surface area contributed by atoms with Crippen LogP contribution >= 0.6 is 0 Å². The molecule has 0 radical (unpaired) electrons. The molecule has 1 saturated heterocycles. The highest BCUT2D eigenvalue weighted by atomic mass is 32.2. The van der Waals surface area contributed by atoms with E-state index < -0.39 is 10.0 Å². The van der Waals surface area contributed by atoms with Crippen LogP contribution in [0.1, 0.15) is 28.8 Å². The van der Waals surface area contributed by atoms with Crippen LogP contribution in [0.4, 0.5) is 5.82 Å². The molecule has 25 heavy (non-hydrogen) atoms. The molecule has 2 aromatic rings. The maximum atomic E-state index is 12.5. The first-order valence-corrected chi connectivity index (χ1v) is 9.54. The molecule has 8 heteroatoms. The van der Waals surface area contributed by atoms with Crippen molar-refractivity contribution in [1.29, 1.82) is 0 Å². The van der Waals surface area contributed by atoms with E-state index in [9.17, 15) is 13.2 Å². The number of nitrogen functional groups attached to an aromatic ring is 1. The van der Waals surface area contributed by atoms with Crippen molar-refractivity contribution < 1.29 is 13.2 Å². The molecule has 0 bridgehead atoms. The van der Waals surface area contributed by atoms with Gasteiger partial charge in [0.1, 0.15) is 5.82 Å². The number of nitrogens with one attached hydrogen (secondary N) is 1. The minimum Gasteiger partial charge on any atom is -0.383 e. The zero-order valence-electron chi connectivity index (χ0n) is 13.7. The zero-order chi connectivity index (χ0) is 17.9. The highest BCUT2D eigenvalue weighted by molar-refractivity contribution is 7.89. The highest BCUT2D eigenvalue weighted by Gasteiger charge is 2.22. The lowest BCUT2D eigenvalue weighted by molar-refractivity contribution is 0.0792. The fourth-order valence-electron chi connectivity index (χ4n) is 2.76. The maximum absolute atomic E-state index is 12.5. The fraction of sp³-hybridized carbons (Fsp3) is 0.294. The molecule has 0 aliphatic carbocycles. The lowest BCUT2D eigenvalue weighted by Crippen LogP contribution is -2.28. The first kappa shape index (κ1) is 17.4. The second-order valence-electron chi connectivity index (χ2n) is 5.90. The molecule has 1 amide bonds. The largest absolute Gasteiger partial charge is 0.383 e. The van der Waals surface area contributed by atoms with Gasteiger partial charge in [0, 0.05) is 37.0 Å². The van der Waals surface area contributed by atoms with Crippen molar-refractivity contribution in [3.8, 4) is 0 Å². The summed E-state index contributed by atoms with van der Waals surface area (Å²) in [5, 5.41) is 0. The molecule has 1 aromatic carbocycles. The number of pyridine rings is 1. The number of likely N-dealkylation sites (tertiary alicyclic amines) is 1. The molecular weight excluding hydrogens is 340 g/mol. The van der Waals surface area contributed by atoms with E-state index in [-0.39, 0.29) is 23.2 Å². The Morgan fingerprint density at radius 1 is 1.20 bits per heavy atom. The van der Waals surface area contributed by atoms with E-state index in [1.807, 2.05) is 0 Å². The SMILES string of the molecule is Nc1ncccc1CNS(=O)(=O)c1cccc(C(=O)N2CCCC2)c1. The van der Waals surface area contributed by atoms with E-state index in [1.54, 1.807) is 35.4 Å². The summed E-state index contributed by atoms with van der Waals surface area (Å²) in [5.74, 6) is 0.147. The summed E-state index contributed by atoms with van der Waals surface area (Å²) in [6.07, 6.45) is 3.51. The number of hydrogen-bond donors (Lipinski definition) is 2. The van der Waals surface area contributed by atoms with Crippen molar-refractivity contribution >= 4 is 21.7 Å². The lowest BCUT2D eigenvalue weighted by atomic mass is 10.2. The minimum atomic E-state index is -3.76. The van der Waals surface area contributed by atoms with E-state index >= 15 is 0 Å². The molecule has 2 heterocycles. The molecule has 0 spiro atoms. The summed E-state index contributed by atoms with van der Waals surface area (Å²) < 4.78 is 27.5. The summed E-state index contributed by atoms with van der Waals surface area (Å²) in [5.41, 5.74) is 6.70. The molecule has 1 aliphatic heterocycles. The van der Waals surface area contributed by atoms with Gasteiger partial charge in [0.2, 0.25) is 10.0 Å². The lowest BCUT2D eigenvalue weighted by Gasteiger charge is -2.16. The molecular formula is C17H20N4O3S. The van der Waals surface area contributed by atoms with Gasteiger partial charge in [-0.25, -0.2) is 18.1 Å². The molecule has 0 atom stereocenters. The van der Waals surface area contributed by atoms with Crippen LogP contribution in [0.5, 0.6) is 0 Å². The van der Waals surface area contributed by atoms with E-state index in [0.717, 1.165) is 12.8 Å². The van der Waals surface area contributed by atoms with Crippen molar-refractivity contribution in [1.82, 2.24) is 14.6 Å². The van der Waals surface area contributed by atoms with Gasteiger partial charge in [-0.1, -0.05) is 12.1 Å². The number of amides is 1. The van der Waals surface area contributed by atoms with E-state index in [4.69, 9.17) is 5.73 Å². The molecule has 132 valence electrons. The summed E-state index contributed by atoms with van der Waals surface area (Å²) >= 11 is 0. The Morgan fingerprint density at radius 2 is 1.96 bits per heavy atom. The Morgan fingerprint density at radius 3 is 2.68 bits per heavy atom. The van der Waals surface area contributed by atoms with Gasteiger partial charge in [-0.3, -0.25) is 4.79 Å². The van der Waals surface area contributed by atoms with Crippen molar-refractivity contribution in [3.05, 3.63) is 53.7 Å². The standard InChI is InChI=1S/C17H20N4O3S/c18-16-14(6-4-8-19-16)12-20-25(23,24)15-7-3-5-13(11-15)17(22)21-9-1-2-10-21/h3-8,11,20H,1-2,9-10,12H2,(H2,18,19). The average molecular weight is 360 g/mol. The Kier molecular flexibility index (Phi) is 5.00. The average Bonchev–Trinajstić information content (AvgIpc) is 3.15. The number of carbonyl (C=O) groups excluding carboxylic acids is 1. The minimum absolute atomic E-state index is 0.0340. The Balaban J connectivity index is 1.77. The Labute approximate surface area is 146 Å². The number of carbonyl (C=O) groups is 1. The van der Waals surface area contributed by atoms with Crippen LogP contribution in [0, 0.1) is 0 Å². The van der Waals surface area contributed by atoms with Gasteiger partial charge in [0.05, 0.1) is 4.90 Å². The van der Waals surface area contributed by atoms with Gasteiger partial charge in [-0.2, -0.15) is 0 Å². The van der Waals surface area contributed by atoms with Crippen molar-refractivity contribution in [2.45, 2.75) is 24.3 Å². The van der Waals surface area contributed by atoms with Gasteiger partial charge in [0.15, 0.2) is 0 Å². The molecule has 0 unspecified atom stereocenters. The van der Waals surface area contributed by atoms with E-state index in [0.29, 0.717) is 24.2 Å². The number of nitrogens with zero attached hydrogens (tertiary/aromatic N) is 2. The monoisotopic (exact) mass is 360 g/mol. The molecule has 7 nitrogen and oxygen atoms in total. The van der Waals surface area contributed by atoms with Gasteiger partial charge < -0.3 is 10.6 Å². The second-order valence-corrected chi connectivity index (χ2v) is 7.67. The number of anilines is 1. The van der Waals surface area contributed by atoms with Crippen molar-refractivity contribution in [2.24, 2.45) is 0 Å². The molecule has 3 N–H and O–H groups in total. The Bertz CT molecular complexity index is 877. The first-order chi connectivity index (χ1) is 12.0.